The molecule has 0 saturated carbocycles. The van der Waals surface area contributed by atoms with E-state index in [4.69, 9.17) is 21.3 Å². The molecule has 0 aliphatic carbocycles. The van der Waals surface area contributed by atoms with Crippen LogP contribution in [0.4, 0.5) is 5.82 Å². The number of methoxy groups -OCH3 is 1. The lowest BCUT2D eigenvalue weighted by atomic mass is 10.2. The second kappa shape index (κ2) is 9.16. The molecule has 0 fully saturated rings. The van der Waals surface area contributed by atoms with E-state index >= 15 is 0 Å². The van der Waals surface area contributed by atoms with Crippen molar-refractivity contribution in [1.29, 1.82) is 0 Å². The third kappa shape index (κ3) is 5.27. The molecule has 0 radical (unpaired) electrons. The van der Waals surface area contributed by atoms with Crippen molar-refractivity contribution in [1.82, 2.24) is 10.3 Å². The van der Waals surface area contributed by atoms with Crippen molar-refractivity contribution < 1.29 is 4.74 Å². The zero-order valence-electron chi connectivity index (χ0n) is 12.9. The standard InChI is InChI=1S/C15H26ClN3O/c1-5-8-17-11-14-13(16)6-7-15(18-14)19(12(2)3)9-10-20-4/h6-7,12,17H,5,8-11H2,1-4H3. The summed E-state index contributed by atoms with van der Waals surface area (Å²) in [7, 11) is 1.72. The normalized spacial score (nSPS) is 11.1. The number of halogens is 1. The van der Waals surface area contributed by atoms with Crippen molar-refractivity contribution >= 4 is 17.4 Å². The van der Waals surface area contributed by atoms with Crippen molar-refractivity contribution in [2.45, 2.75) is 39.8 Å². The van der Waals surface area contributed by atoms with E-state index in [0.29, 0.717) is 24.2 Å². The first-order valence-corrected chi connectivity index (χ1v) is 7.59. The molecule has 114 valence electrons. The Labute approximate surface area is 127 Å². The number of ether oxygens (including phenoxy) is 1. The van der Waals surface area contributed by atoms with Crippen molar-refractivity contribution in [2.75, 3.05) is 31.7 Å². The molecule has 0 bridgehead atoms. The lowest BCUT2D eigenvalue weighted by Crippen LogP contribution is -2.34. The Kier molecular flexibility index (Phi) is 7.88. The van der Waals surface area contributed by atoms with Crippen LogP contribution in [0.25, 0.3) is 0 Å². The first-order valence-electron chi connectivity index (χ1n) is 7.21. The summed E-state index contributed by atoms with van der Waals surface area (Å²) in [5.41, 5.74) is 0.903. The number of pyridine rings is 1. The number of nitrogens with one attached hydrogen (secondary N) is 1. The molecule has 1 N–H and O–H groups in total. The van der Waals surface area contributed by atoms with Crippen LogP contribution in [0.1, 0.15) is 32.9 Å². The molecule has 0 saturated heterocycles. The van der Waals surface area contributed by atoms with Crippen LogP contribution in [0, 0.1) is 0 Å². The summed E-state index contributed by atoms with van der Waals surface area (Å²) in [4.78, 5) is 6.92. The molecule has 1 aromatic heterocycles. The van der Waals surface area contributed by atoms with Gasteiger partial charge in [-0.05, 0) is 38.9 Å². The number of hydrogen-bond acceptors (Lipinski definition) is 4. The summed E-state index contributed by atoms with van der Waals surface area (Å²) in [6.45, 7) is 9.64. The molecule has 0 aliphatic rings. The zero-order valence-corrected chi connectivity index (χ0v) is 13.7. The third-order valence-corrected chi connectivity index (χ3v) is 3.42. The van der Waals surface area contributed by atoms with Crippen molar-refractivity contribution in [3.63, 3.8) is 0 Å². The van der Waals surface area contributed by atoms with Gasteiger partial charge in [0.2, 0.25) is 0 Å². The monoisotopic (exact) mass is 299 g/mol. The zero-order chi connectivity index (χ0) is 15.0. The molecule has 0 unspecified atom stereocenters. The highest BCUT2D eigenvalue weighted by molar-refractivity contribution is 6.31. The van der Waals surface area contributed by atoms with Crippen LogP contribution in [-0.4, -0.2) is 37.8 Å². The van der Waals surface area contributed by atoms with E-state index in [0.717, 1.165) is 31.0 Å². The van der Waals surface area contributed by atoms with Crippen LogP contribution in [0.15, 0.2) is 12.1 Å². The van der Waals surface area contributed by atoms with Gasteiger partial charge in [0, 0.05) is 26.2 Å². The molecule has 0 spiro atoms. The van der Waals surface area contributed by atoms with E-state index in [1.165, 1.54) is 0 Å². The number of rotatable bonds is 9. The SMILES string of the molecule is CCCNCc1nc(N(CCOC)C(C)C)ccc1Cl. The first kappa shape index (κ1) is 17.2. The fourth-order valence-electron chi connectivity index (χ4n) is 1.97. The maximum Gasteiger partial charge on any atom is 0.129 e. The molecular weight excluding hydrogens is 274 g/mol. The predicted octanol–water partition coefficient (Wildman–Crippen LogP) is 3.10. The van der Waals surface area contributed by atoms with Crippen LogP contribution in [0.3, 0.4) is 0 Å². The maximum atomic E-state index is 6.22. The van der Waals surface area contributed by atoms with E-state index in [1.54, 1.807) is 7.11 Å². The Morgan fingerprint density at radius 3 is 2.75 bits per heavy atom. The van der Waals surface area contributed by atoms with Crippen LogP contribution < -0.4 is 10.2 Å². The van der Waals surface area contributed by atoms with Gasteiger partial charge >= 0.3 is 0 Å². The summed E-state index contributed by atoms with van der Waals surface area (Å²) >= 11 is 6.22. The molecule has 20 heavy (non-hydrogen) atoms. The molecule has 4 nitrogen and oxygen atoms in total. The second-order valence-corrected chi connectivity index (χ2v) is 5.46. The van der Waals surface area contributed by atoms with Crippen LogP contribution in [-0.2, 0) is 11.3 Å². The Balaban J connectivity index is 2.84. The van der Waals surface area contributed by atoms with E-state index in [1.807, 2.05) is 12.1 Å². The van der Waals surface area contributed by atoms with Gasteiger partial charge in [0.1, 0.15) is 5.82 Å². The van der Waals surface area contributed by atoms with Gasteiger partial charge in [0.15, 0.2) is 0 Å². The van der Waals surface area contributed by atoms with Gasteiger partial charge in [0.05, 0.1) is 17.3 Å². The molecule has 1 heterocycles. The maximum absolute atomic E-state index is 6.22. The first-order chi connectivity index (χ1) is 9.60. The fourth-order valence-corrected chi connectivity index (χ4v) is 2.14. The predicted molar refractivity (Wildman–Crippen MR) is 85.6 cm³/mol. The van der Waals surface area contributed by atoms with E-state index < -0.39 is 0 Å². The minimum absolute atomic E-state index is 0.371. The van der Waals surface area contributed by atoms with Crippen molar-refractivity contribution in [3.8, 4) is 0 Å². The summed E-state index contributed by atoms with van der Waals surface area (Å²) < 4.78 is 5.17. The number of nitrogens with zero attached hydrogens (tertiary/aromatic N) is 2. The molecule has 0 amide bonds. The van der Waals surface area contributed by atoms with Gasteiger partial charge in [0.25, 0.3) is 0 Å². The summed E-state index contributed by atoms with van der Waals surface area (Å²) in [6.07, 6.45) is 1.10. The number of hydrogen-bond donors (Lipinski definition) is 1. The van der Waals surface area contributed by atoms with Gasteiger partial charge in [-0.2, -0.15) is 0 Å². The molecular formula is C15H26ClN3O. The van der Waals surface area contributed by atoms with Gasteiger partial charge in [-0.1, -0.05) is 18.5 Å². The molecule has 5 heteroatoms. The van der Waals surface area contributed by atoms with Crippen molar-refractivity contribution in [3.05, 3.63) is 22.8 Å². The van der Waals surface area contributed by atoms with E-state index in [2.05, 4.69) is 31.0 Å². The van der Waals surface area contributed by atoms with E-state index in [-0.39, 0.29) is 0 Å². The molecule has 0 aliphatic heterocycles. The highest BCUT2D eigenvalue weighted by atomic mass is 35.5. The summed E-state index contributed by atoms with van der Waals surface area (Å²) in [5.74, 6) is 0.953. The largest absolute Gasteiger partial charge is 0.383 e. The highest BCUT2D eigenvalue weighted by Crippen LogP contribution is 2.20. The summed E-state index contributed by atoms with van der Waals surface area (Å²) in [5, 5.41) is 4.06. The molecule has 1 rings (SSSR count). The third-order valence-electron chi connectivity index (χ3n) is 3.08. The van der Waals surface area contributed by atoms with Gasteiger partial charge in [-0.15, -0.1) is 0 Å². The van der Waals surface area contributed by atoms with Gasteiger partial charge < -0.3 is 15.0 Å². The average Bonchev–Trinajstić information content (AvgIpc) is 2.42. The molecule has 0 atom stereocenters. The Morgan fingerprint density at radius 1 is 1.40 bits per heavy atom. The van der Waals surface area contributed by atoms with E-state index in [9.17, 15) is 0 Å². The summed E-state index contributed by atoms with van der Waals surface area (Å²) in [6, 6.07) is 4.27. The average molecular weight is 300 g/mol. The van der Waals surface area contributed by atoms with Crippen LogP contribution in [0.2, 0.25) is 5.02 Å². The Bertz CT molecular complexity index is 399. The quantitative estimate of drug-likeness (QED) is 0.711. The minimum Gasteiger partial charge on any atom is -0.383 e. The Morgan fingerprint density at radius 2 is 2.15 bits per heavy atom. The topological polar surface area (TPSA) is 37.4 Å². The fraction of sp³-hybridized carbons (Fsp3) is 0.667. The smallest absolute Gasteiger partial charge is 0.129 e. The van der Waals surface area contributed by atoms with Gasteiger partial charge in [-0.25, -0.2) is 4.98 Å². The minimum atomic E-state index is 0.371. The molecule has 1 aromatic rings. The van der Waals surface area contributed by atoms with Crippen molar-refractivity contribution in [2.24, 2.45) is 0 Å². The number of aromatic nitrogens is 1. The van der Waals surface area contributed by atoms with Crippen LogP contribution in [0.5, 0.6) is 0 Å². The second-order valence-electron chi connectivity index (χ2n) is 5.05. The number of anilines is 1. The van der Waals surface area contributed by atoms with Crippen LogP contribution >= 0.6 is 11.6 Å². The lowest BCUT2D eigenvalue weighted by molar-refractivity contribution is 0.203. The Hall–Kier alpha value is -0.840. The van der Waals surface area contributed by atoms with Gasteiger partial charge in [-0.3, -0.25) is 0 Å². The lowest BCUT2D eigenvalue weighted by Gasteiger charge is -2.28. The molecule has 0 aromatic carbocycles. The highest BCUT2D eigenvalue weighted by Gasteiger charge is 2.13.